The van der Waals surface area contributed by atoms with E-state index in [9.17, 15) is 19.7 Å². The molecule has 3 aromatic carbocycles. The predicted octanol–water partition coefficient (Wildman–Crippen LogP) is 4.00. The highest BCUT2D eigenvalue weighted by Crippen LogP contribution is 2.17. The van der Waals surface area contributed by atoms with E-state index < -0.39 is 16.8 Å². The lowest BCUT2D eigenvalue weighted by Gasteiger charge is -2.05. The molecule has 10 heteroatoms. The number of nitro benzene ring substituents is 1. The number of rotatable bonds is 8. The Balaban J connectivity index is 1.45. The van der Waals surface area contributed by atoms with Gasteiger partial charge in [0.1, 0.15) is 11.5 Å². The van der Waals surface area contributed by atoms with Crippen LogP contribution in [0.15, 0.2) is 77.9 Å². The number of amides is 1. The third kappa shape index (κ3) is 6.64. The highest BCUT2D eigenvalue weighted by molar-refractivity contribution is 6.30. The number of nitrogens with one attached hydrogen (secondary N) is 1. The van der Waals surface area contributed by atoms with Gasteiger partial charge in [-0.15, -0.1) is 0 Å². The lowest BCUT2D eigenvalue weighted by Crippen LogP contribution is -2.24. The van der Waals surface area contributed by atoms with Crippen molar-refractivity contribution in [3.63, 3.8) is 0 Å². The second kappa shape index (κ2) is 10.7. The number of hydrogen-bond donors (Lipinski definition) is 1. The molecule has 9 nitrogen and oxygen atoms in total. The van der Waals surface area contributed by atoms with Gasteiger partial charge in [0.2, 0.25) is 0 Å². The lowest BCUT2D eigenvalue weighted by molar-refractivity contribution is -0.384. The van der Waals surface area contributed by atoms with E-state index in [0.29, 0.717) is 27.6 Å². The molecule has 3 rings (SSSR count). The Kier molecular flexibility index (Phi) is 7.50. The standard InChI is InChI=1S/C22H16ClN3O6/c23-17-3-1-2-16(12-17)22(28)32-20-8-4-15(5-9-20)13-24-25-21(27)14-31-19-10-6-18(7-11-19)26(29)30/h1-13H,14H2,(H,25,27)/b24-13+. The first-order chi connectivity index (χ1) is 15.4. The van der Waals surface area contributed by atoms with Crippen molar-refractivity contribution in [1.29, 1.82) is 0 Å². The second-order valence-electron chi connectivity index (χ2n) is 6.30. The number of esters is 1. The molecule has 32 heavy (non-hydrogen) atoms. The number of benzene rings is 3. The molecule has 0 fully saturated rings. The Morgan fingerprint density at radius 1 is 1.03 bits per heavy atom. The number of carbonyl (C=O) groups is 2. The van der Waals surface area contributed by atoms with Crippen molar-refractivity contribution < 1.29 is 24.0 Å². The highest BCUT2D eigenvalue weighted by atomic mass is 35.5. The molecule has 0 saturated heterocycles. The van der Waals surface area contributed by atoms with E-state index in [4.69, 9.17) is 21.1 Å². The minimum Gasteiger partial charge on any atom is -0.484 e. The molecule has 0 aliphatic rings. The van der Waals surface area contributed by atoms with Gasteiger partial charge >= 0.3 is 5.97 Å². The Morgan fingerprint density at radius 2 is 1.72 bits per heavy atom. The van der Waals surface area contributed by atoms with E-state index >= 15 is 0 Å². The zero-order valence-corrected chi connectivity index (χ0v) is 17.2. The summed E-state index contributed by atoms with van der Waals surface area (Å²) in [7, 11) is 0. The topological polar surface area (TPSA) is 120 Å². The first kappa shape index (κ1) is 22.4. The van der Waals surface area contributed by atoms with Crippen molar-refractivity contribution in [2.24, 2.45) is 5.10 Å². The maximum absolute atomic E-state index is 12.1. The molecule has 1 N–H and O–H groups in total. The average molecular weight is 454 g/mol. The fourth-order valence-electron chi connectivity index (χ4n) is 2.43. The van der Waals surface area contributed by atoms with Gasteiger partial charge in [-0.1, -0.05) is 17.7 Å². The van der Waals surface area contributed by atoms with E-state index in [1.54, 1.807) is 42.5 Å². The number of hydrogen-bond acceptors (Lipinski definition) is 7. The van der Waals surface area contributed by atoms with Crippen LogP contribution in [0, 0.1) is 10.1 Å². The van der Waals surface area contributed by atoms with Crippen molar-refractivity contribution >= 4 is 35.4 Å². The van der Waals surface area contributed by atoms with E-state index in [-0.39, 0.29) is 12.3 Å². The number of nitrogens with zero attached hydrogens (tertiary/aromatic N) is 2. The first-order valence-corrected chi connectivity index (χ1v) is 9.55. The van der Waals surface area contributed by atoms with Crippen LogP contribution in [-0.4, -0.2) is 29.6 Å². The van der Waals surface area contributed by atoms with E-state index in [1.165, 1.54) is 36.5 Å². The molecule has 3 aromatic rings. The van der Waals surface area contributed by atoms with Gasteiger partial charge in [0.05, 0.1) is 16.7 Å². The quantitative estimate of drug-likeness (QED) is 0.181. The van der Waals surface area contributed by atoms with Crippen LogP contribution < -0.4 is 14.9 Å². The van der Waals surface area contributed by atoms with Gasteiger partial charge in [0.15, 0.2) is 6.61 Å². The zero-order valence-electron chi connectivity index (χ0n) is 16.4. The smallest absolute Gasteiger partial charge is 0.343 e. The third-order valence-electron chi connectivity index (χ3n) is 3.97. The minimum atomic E-state index is -0.533. The molecule has 0 saturated carbocycles. The molecule has 0 aliphatic heterocycles. The van der Waals surface area contributed by atoms with Crippen LogP contribution in [0.25, 0.3) is 0 Å². The Hall–Kier alpha value is -4.24. The van der Waals surface area contributed by atoms with Crippen molar-refractivity contribution in [2.45, 2.75) is 0 Å². The number of non-ortho nitro benzene ring substituents is 1. The molecule has 0 bridgehead atoms. The number of carbonyl (C=O) groups excluding carboxylic acids is 2. The number of ether oxygens (including phenoxy) is 2. The van der Waals surface area contributed by atoms with E-state index in [1.807, 2.05) is 0 Å². The number of nitro groups is 1. The maximum atomic E-state index is 12.1. The number of halogens is 1. The summed E-state index contributed by atoms with van der Waals surface area (Å²) in [5.74, 6) is -0.383. The molecule has 0 unspecified atom stereocenters. The largest absolute Gasteiger partial charge is 0.484 e. The van der Waals surface area contributed by atoms with Gasteiger partial charge in [-0.2, -0.15) is 5.10 Å². The lowest BCUT2D eigenvalue weighted by atomic mass is 10.2. The molecule has 1 amide bonds. The SMILES string of the molecule is O=C(COc1ccc([N+](=O)[O-])cc1)N/N=C/c1ccc(OC(=O)c2cccc(Cl)c2)cc1. The summed E-state index contributed by atoms with van der Waals surface area (Å²) in [6, 6.07) is 18.3. The minimum absolute atomic E-state index is 0.0725. The maximum Gasteiger partial charge on any atom is 0.343 e. The fraction of sp³-hybridized carbons (Fsp3) is 0.0455. The van der Waals surface area contributed by atoms with Gasteiger partial charge in [-0.05, 0) is 60.2 Å². The Bertz CT molecular complexity index is 1150. The van der Waals surface area contributed by atoms with E-state index in [0.717, 1.165) is 0 Å². The highest BCUT2D eigenvalue weighted by Gasteiger charge is 2.09. The van der Waals surface area contributed by atoms with E-state index in [2.05, 4.69) is 10.5 Å². The summed E-state index contributed by atoms with van der Waals surface area (Å²) < 4.78 is 10.5. The molecule has 0 aliphatic carbocycles. The van der Waals surface area contributed by atoms with Gasteiger partial charge in [-0.25, -0.2) is 10.2 Å². The summed E-state index contributed by atoms with van der Waals surface area (Å²) in [4.78, 5) is 34.0. The third-order valence-corrected chi connectivity index (χ3v) is 4.21. The fourth-order valence-corrected chi connectivity index (χ4v) is 2.62. The number of hydrazone groups is 1. The first-order valence-electron chi connectivity index (χ1n) is 9.18. The molecule has 0 radical (unpaired) electrons. The van der Waals surface area contributed by atoms with Crippen molar-refractivity contribution in [3.8, 4) is 11.5 Å². The molecule has 0 aromatic heterocycles. The second-order valence-corrected chi connectivity index (χ2v) is 6.74. The molecular formula is C22H16ClN3O6. The van der Waals surface area contributed by atoms with Crippen LogP contribution in [0.3, 0.4) is 0 Å². The normalized spacial score (nSPS) is 10.5. The van der Waals surface area contributed by atoms with Crippen molar-refractivity contribution in [3.05, 3.63) is 99.1 Å². The van der Waals surface area contributed by atoms with Crippen molar-refractivity contribution in [1.82, 2.24) is 5.43 Å². The van der Waals surface area contributed by atoms with Crippen LogP contribution in [0.1, 0.15) is 15.9 Å². The molecule has 0 heterocycles. The average Bonchev–Trinajstić information content (AvgIpc) is 2.79. The summed E-state index contributed by atoms with van der Waals surface area (Å²) in [5, 5.41) is 14.9. The molecule has 162 valence electrons. The molecule has 0 atom stereocenters. The van der Waals surface area contributed by atoms with Crippen LogP contribution in [0.4, 0.5) is 5.69 Å². The van der Waals surface area contributed by atoms with Gasteiger partial charge in [0, 0.05) is 17.2 Å². The predicted molar refractivity (Wildman–Crippen MR) is 117 cm³/mol. The summed E-state index contributed by atoms with van der Waals surface area (Å²) in [5.41, 5.74) is 3.22. The van der Waals surface area contributed by atoms with Crippen LogP contribution in [0.2, 0.25) is 5.02 Å². The van der Waals surface area contributed by atoms with Gasteiger partial charge < -0.3 is 9.47 Å². The van der Waals surface area contributed by atoms with Gasteiger partial charge in [0.25, 0.3) is 11.6 Å². The molecule has 0 spiro atoms. The Labute approximate surface area is 187 Å². The van der Waals surface area contributed by atoms with Gasteiger partial charge in [-0.3, -0.25) is 14.9 Å². The van der Waals surface area contributed by atoms with Crippen LogP contribution in [0.5, 0.6) is 11.5 Å². The summed E-state index contributed by atoms with van der Waals surface area (Å²) in [6.45, 7) is -0.312. The Morgan fingerprint density at radius 3 is 2.38 bits per heavy atom. The molecular weight excluding hydrogens is 438 g/mol. The summed E-state index contributed by atoms with van der Waals surface area (Å²) in [6.07, 6.45) is 1.41. The van der Waals surface area contributed by atoms with Crippen molar-refractivity contribution in [2.75, 3.05) is 6.61 Å². The van der Waals surface area contributed by atoms with Crippen LogP contribution >= 0.6 is 11.6 Å². The zero-order chi connectivity index (χ0) is 22.9. The summed E-state index contributed by atoms with van der Waals surface area (Å²) >= 11 is 5.87. The van der Waals surface area contributed by atoms with Crippen LogP contribution in [-0.2, 0) is 4.79 Å². The monoisotopic (exact) mass is 453 g/mol.